The number of carbonyl (C=O) groups is 2. The van der Waals surface area contributed by atoms with E-state index in [0.717, 1.165) is 12.8 Å². The van der Waals surface area contributed by atoms with E-state index in [1.165, 1.54) is 13.2 Å². The highest BCUT2D eigenvalue weighted by Crippen LogP contribution is 2.37. The van der Waals surface area contributed by atoms with Gasteiger partial charge in [-0.1, -0.05) is 23.2 Å². The first-order chi connectivity index (χ1) is 13.4. The van der Waals surface area contributed by atoms with Crippen molar-refractivity contribution in [2.45, 2.75) is 59.1 Å². The summed E-state index contributed by atoms with van der Waals surface area (Å²) in [6.45, 7) is 10.8. The zero-order valence-electron chi connectivity index (χ0n) is 17.9. The quantitative estimate of drug-likeness (QED) is 0.617. The number of benzene rings is 1. The molecule has 0 saturated carbocycles. The van der Waals surface area contributed by atoms with Crippen molar-refractivity contribution in [3.05, 3.63) is 27.2 Å². The van der Waals surface area contributed by atoms with Crippen molar-refractivity contribution in [1.29, 1.82) is 0 Å². The highest BCUT2D eigenvalue weighted by Gasteiger charge is 2.30. The molecular formula is C21H30Cl2N2O4. The monoisotopic (exact) mass is 444 g/mol. The number of amides is 1. The van der Waals surface area contributed by atoms with Crippen LogP contribution in [-0.2, 0) is 9.47 Å². The second kappa shape index (κ2) is 9.43. The van der Waals surface area contributed by atoms with Crippen molar-refractivity contribution < 1.29 is 19.1 Å². The second-order valence-electron chi connectivity index (χ2n) is 8.45. The fraction of sp³-hybridized carbons (Fsp3) is 0.619. The lowest BCUT2D eigenvalue weighted by Gasteiger charge is -2.36. The van der Waals surface area contributed by atoms with E-state index in [4.69, 9.17) is 32.7 Å². The molecule has 1 aromatic rings. The van der Waals surface area contributed by atoms with E-state index >= 15 is 0 Å². The van der Waals surface area contributed by atoms with E-state index in [1.807, 2.05) is 27.7 Å². The molecule has 1 saturated heterocycles. The SMILES string of the molecule is COC(=O)c1cc(Cl)c(Cl)c(NC(C)C2CCN(C(=O)OC(C)(C)C)CC2)c1C. The van der Waals surface area contributed by atoms with Crippen LogP contribution in [0.15, 0.2) is 6.07 Å². The Kier molecular flexibility index (Phi) is 7.68. The molecule has 0 spiro atoms. The Morgan fingerprint density at radius 1 is 1.24 bits per heavy atom. The van der Waals surface area contributed by atoms with Gasteiger partial charge in [0.1, 0.15) is 5.60 Å². The normalized spacial score (nSPS) is 16.3. The Morgan fingerprint density at radius 2 is 1.83 bits per heavy atom. The van der Waals surface area contributed by atoms with Crippen molar-refractivity contribution in [3.8, 4) is 0 Å². The first-order valence-corrected chi connectivity index (χ1v) is 10.5. The fourth-order valence-electron chi connectivity index (χ4n) is 3.46. The Morgan fingerprint density at radius 3 is 2.34 bits per heavy atom. The van der Waals surface area contributed by atoms with Gasteiger partial charge in [0, 0.05) is 19.1 Å². The lowest BCUT2D eigenvalue weighted by atomic mass is 9.90. The molecule has 1 aliphatic heterocycles. The average molecular weight is 445 g/mol. The number of carbonyl (C=O) groups excluding carboxylic acids is 2. The van der Waals surface area contributed by atoms with E-state index in [9.17, 15) is 9.59 Å². The van der Waals surface area contributed by atoms with Crippen LogP contribution in [0.3, 0.4) is 0 Å². The van der Waals surface area contributed by atoms with Gasteiger partial charge in [-0.2, -0.15) is 0 Å². The number of ether oxygens (including phenoxy) is 2. The Balaban J connectivity index is 2.07. The van der Waals surface area contributed by atoms with Gasteiger partial charge in [-0.25, -0.2) is 9.59 Å². The number of likely N-dealkylation sites (tertiary alicyclic amines) is 1. The van der Waals surface area contributed by atoms with Crippen LogP contribution < -0.4 is 5.32 Å². The third-order valence-electron chi connectivity index (χ3n) is 5.15. The first kappa shape index (κ1) is 23.6. The van der Waals surface area contributed by atoms with Gasteiger partial charge >= 0.3 is 12.1 Å². The Labute approximate surface area is 182 Å². The molecule has 162 valence electrons. The molecule has 1 fully saturated rings. The zero-order valence-corrected chi connectivity index (χ0v) is 19.4. The van der Waals surface area contributed by atoms with Gasteiger partial charge in [0.2, 0.25) is 0 Å². The van der Waals surface area contributed by atoms with Gasteiger partial charge in [-0.3, -0.25) is 0 Å². The topological polar surface area (TPSA) is 67.9 Å². The van der Waals surface area contributed by atoms with Crippen LogP contribution in [-0.4, -0.2) is 48.8 Å². The molecule has 1 heterocycles. The lowest BCUT2D eigenvalue weighted by molar-refractivity contribution is 0.0179. The minimum Gasteiger partial charge on any atom is -0.465 e. The number of rotatable bonds is 4. The minimum atomic E-state index is -0.499. The van der Waals surface area contributed by atoms with Crippen LogP contribution in [0.4, 0.5) is 10.5 Å². The lowest BCUT2D eigenvalue weighted by Crippen LogP contribution is -2.44. The molecule has 1 aliphatic rings. The number of esters is 1. The number of nitrogens with zero attached hydrogens (tertiary/aromatic N) is 1. The Bertz CT molecular complexity index is 769. The highest BCUT2D eigenvalue weighted by molar-refractivity contribution is 6.44. The van der Waals surface area contributed by atoms with Gasteiger partial charge < -0.3 is 19.7 Å². The maximum atomic E-state index is 12.3. The molecular weight excluding hydrogens is 415 g/mol. The molecule has 29 heavy (non-hydrogen) atoms. The van der Waals surface area contributed by atoms with Gasteiger partial charge in [0.25, 0.3) is 0 Å². The van der Waals surface area contributed by atoms with E-state index in [2.05, 4.69) is 12.2 Å². The molecule has 0 aliphatic carbocycles. The largest absolute Gasteiger partial charge is 0.465 e. The van der Waals surface area contributed by atoms with Crippen LogP contribution in [0.25, 0.3) is 0 Å². The summed E-state index contributed by atoms with van der Waals surface area (Å²) in [4.78, 5) is 26.0. The number of halogens is 2. The van der Waals surface area contributed by atoms with Crippen LogP contribution in [0.2, 0.25) is 10.0 Å². The van der Waals surface area contributed by atoms with Crippen LogP contribution in [0.5, 0.6) is 0 Å². The molecule has 1 amide bonds. The molecule has 1 unspecified atom stereocenters. The molecule has 0 aromatic heterocycles. The molecule has 1 aromatic carbocycles. The van der Waals surface area contributed by atoms with Crippen LogP contribution in [0, 0.1) is 12.8 Å². The van der Waals surface area contributed by atoms with Gasteiger partial charge in [-0.05, 0) is 65.0 Å². The van der Waals surface area contributed by atoms with Crippen molar-refractivity contribution in [2.75, 3.05) is 25.5 Å². The van der Waals surface area contributed by atoms with Crippen LogP contribution >= 0.6 is 23.2 Å². The molecule has 8 heteroatoms. The second-order valence-corrected chi connectivity index (χ2v) is 9.23. The third kappa shape index (κ3) is 5.92. The number of methoxy groups -OCH3 is 1. The van der Waals surface area contributed by atoms with Crippen molar-refractivity contribution in [1.82, 2.24) is 4.90 Å². The minimum absolute atomic E-state index is 0.0796. The molecule has 6 nitrogen and oxygen atoms in total. The standard InChI is InChI=1S/C21H30Cl2N2O4/c1-12-15(19(26)28-6)11-16(22)17(23)18(12)24-13(2)14-7-9-25(10-8-14)20(27)29-21(3,4)5/h11,13-14,24H,7-10H2,1-6H3. The predicted octanol–water partition coefficient (Wildman–Crippen LogP) is 5.54. The summed E-state index contributed by atoms with van der Waals surface area (Å²) in [5, 5.41) is 4.11. The summed E-state index contributed by atoms with van der Waals surface area (Å²) in [6.07, 6.45) is 1.41. The fourth-order valence-corrected chi connectivity index (χ4v) is 3.92. The van der Waals surface area contributed by atoms with Crippen molar-refractivity contribution >= 4 is 41.0 Å². The summed E-state index contributed by atoms with van der Waals surface area (Å²) < 4.78 is 10.3. The molecule has 0 bridgehead atoms. The summed E-state index contributed by atoms with van der Waals surface area (Å²) in [5.41, 5.74) is 1.23. The van der Waals surface area contributed by atoms with Crippen LogP contribution in [0.1, 0.15) is 56.5 Å². The molecule has 2 rings (SSSR count). The first-order valence-electron chi connectivity index (χ1n) is 9.76. The van der Waals surface area contributed by atoms with E-state index < -0.39 is 11.6 Å². The predicted molar refractivity (Wildman–Crippen MR) is 116 cm³/mol. The van der Waals surface area contributed by atoms with Gasteiger partial charge in [0.05, 0.1) is 28.4 Å². The van der Waals surface area contributed by atoms with E-state index in [-0.39, 0.29) is 12.1 Å². The number of piperidine rings is 1. The number of hydrogen-bond acceptors (Lipinski definition) is 5. The van der Waals surface area contributed by atoms with E-state index in [1.54, 1.807) is 4.90 Å². The van der Waals surface area contributed by atoms with Gasteiger partial charge in [-0.15, -0.1) is 0 Å². The number of nitrogens with one attached hydrogen (secondary N) is 1. The summed E-state index contributed by atoms with van der Waals surface area (Å²) in [6, 6.07) is 1.61. The van der Waals surface area contributed by atoms with Gasteiger partial charge in [0.15, 0.2) is 0 Å². The Hall–Kier alpha value is -1.66. The smallest absolute Gasteiger partial charge is 0.410 e. The molecule has 1 N–H and O–H groups in total. The summed E-state index contributed by atoms with van der Waals surface area (Å²) in [5.74, 6) is -0.118. The summed E-state index contributed by atoms with van der Waals surface area (Å²) >= 11 is 12.6. The summed E-state index contributed by atoms with van der Waals surface area (Å²) in [7, 11) is 1.33. The maximum Gasteiger partial charge on any atom is 0.410 e. The average Bonchev–Trinajstić information content (AvgIpc) is 2.66. The zero-order chi connectivity index (χ0) is 21.9. The molecule has 1 atom stereocenters. The molecule has 0 radical (unpaired) electrons. The third-order valence-corrected chi connectivity index (χ3v) is 5.94. The highest BCUT2D eigenvalue weighted by atomic mass is 35.5. The van der Waals surface area contributed by atoms with E-state index in [0.29, 0.717) is 45.9 Å². The number of anilines is 1. The number of hydrogen-bond donors (Lipinski definition) is 1. The van der Waals surface area contributed by atoms with Crippen molar-refractivity contribution in [2.24, 2.45) is 5.92 Å². The maximum absolute atomic E-state index is 12.3. The van der Waals surface area contributed by atoms with Crippen molar-refractivity contribution in [3.63, 3.8) is 0 Å².